The molecule has 1 aliphatic heterocycles. The van der Waals surface area contributed by atoms with Gasteiger partial charge in [0.1, 0.15) is 6.61 Å². The first-order valence-electron chi connectivity index (χ1n) is 6.30. The maximum Gasteiger partial charge on any atom is 0.323 e. The van der Waals surface area contributed by atoms with Crippen LogP contribution in [0.25, 0.3) is 0 Å². The number of thiazole rings is 1. The number of hydrogen-bond acceptors (Lipinski definition) is 4. The summed E-state index contributed by atoms with van der Waals surface area (Å²) in [6.07, 6.45) is 3.71. The third kappa shape index (κ3) is 3.94. The van der Waals surface area contributed by atoms with Gasteiger partial charge in [0.15, 0.2) is 5.13 Å². The molecule has 6 heteroatoms. The van der Waals surface area contributed by atoms with Gasteiger partial charge in [0.25, 0.3) is 0 Å². The zero-order chi connectivity index (χ0) is 13.7. The summed E-state index contributed by atoms with van der Waals surface area (Å²) in [4.78, 5) is 18.7. The number of hydrogen-bond donors (Lipinski definition) is 2. The summed E-state index contributed by atoms with van der Waals surface area (Å²) in [5.41, 5.74) is 0. The lowest BCUT2D eigenvalue weighted by molar-refractivity contribution is 0.186. The molecule has 0 aliphatic carbocycles. The molecule has 0 spiro atoms. The zero-order valence-electron chi connectivity index (χ0n) is 10.8. The predicted octanol–water partition coefficient (Wildman–Crippen LogP) is 1.75. The molecule has 2 heterocycles. The second kappa shape index (κ2) is 6.55. The Bertz CT molecular complexity index is 495. The summed E-state index contributed by atoms with van der Waals surface area (Å²) in [6.45, 7) is 3.64. The van der Waals surface area contributed by atoms with Gasteiger partial charge in [-0.15, -0.1) is 0 Å². The van der Waals surface area contributed by atoms with Crippen molar-refractivity contribution in [3.8, 4) is 11.8 Å². The van der Waals surface area contributed by atoms with E-state index < -0.39 is 0 Å². The molecule has 0 atom stereocenters. The van der Waals surface area contributed by atoms with Crippen molar-refractivity contribution in [3.05, 3.63) is 11.1 Å². The highest BCUT2D eigenvalue weighted by molar-refractivity contribution is 7.16. The van der Waals surface area contributed by atoms with Gasteiger partial charge in [0, 0.05) is 13.1 Å². The van der Waals surface area contributed by atoms with Crippen molar-refractivity contribution in [2.45, 2.75) is 19.8 Å². The Morgan fingerprint density at radius 2 is 2.37 bits per heavy atom. The zero-order valence-corrected chi connectivity index (χ0v) is 11.7. The van der Waals surface area contributed by atoms with Gasteiger partial charge in [-0.25, -0.2) is 9.78 Å². The third-order valence-electron chi connectivity index (χ3n) is 3.08. The largest absolute Gasteiger partial charge is 0.384 e. The molecule has 1 fully saturated rings. The number of carbonyl (C=O) groups is 1. The van der Waals surface area contributed by atoms with E-state index in [9.17, 15) is 4.79 Å². The summed E-state index contributed by atoms with van der Waals surface area (Å²) in [5.74, 6) is 6.02. The maximum atomic E-state index is 12.0. The average Bonchev–Trinajstić information content (AvgIpc) is 2.84. The Balaban J connectivity index is 1.90. The molecular weight excluding hydrogens is 262 g/mol. The first kappa shape index (κ1) is 13.8. The fraction of sp³-hybridized carbons (Fsp3) is 0.538. The monoisotopic (exact) mass is 279 g/mol. The van der Waals surface area contributed by atoms with Gasteiger partial charge in [-0.05, 0) is 18.8 Å². The highest BCUT2D eigenvalue weighted by atomic mass is 32.1. The van der Waals surface area contributed by atoms with Crippen molar-refractivity contribution >= 4 is 22.5 Å². The van der Waals surface area contributed by atoms with Gasteiger partial charge in [-0.1, -0.05) is 30.1 Å². The Labute approximate surface area is 116 Å². The number of rotatable bonds is 1. The SMILES string of the molecule is CC1CCN(C(=O)Nc2ncc(C#CCO)s2)CC1. The molecular formula is C13H17N3O2S. The lowest BCUT2D eigenvalue weighted by atomic mass is 10.00. The minimum atomic E-state index is -0.175. The van der Waals surface area contributed by atoms with E-state index in [2.05, 4.69) is 29.1 Å². The predicted molar refractivity (Wildman–Crippen MR) is 75.1 cm³/mol. The minimum absolute atomic E-state index is 0.0945. The summed E-state index contributed by atoms with van der Waals surface area (Å²) < 4.78 is 0. The van der Waals surface area contributed by atoms with E-state index in [1.807, 2.05) is 4.90 Å². The van der Waals surface area contributed by atoms with E-state index >= 15 is 0 Å². The van der Waals surface area contributed by atoms with Crippen molar-refractivity contribution in [3.63, 3.8) is 0 Å². The van der Waals surface area contributed by atoms with E-state index in [4.69, 9.17) is 5.11 Å². The first-order valence-corrected chi connectivity index (χ1v) is 7.12. The number of amides is 2. The number of carbonyl (C=O) groups excluding carboxylic acids is 1. The highest BCUT2D eigenvalue weighted by Crippen LogP contribution is 2.20. The van der Waals surface area contributed by atoms with Crippen LogP contribution in [0.3, 0.4) is 0 Å². The summed E-state index contributed by atoms with van der Waals surface area (Å²) in [5, 5.41) is 11.9. The van der Waals surface area contributed by atoms with Crippen LogP contribution in [0.5, 0.6) is 0 Å². The minimum Gasteiger partial charge on any atom is -0.384 e. The molecule has 1 saturated heterocycles. The fourth-order valence-corrected chi connectivity index (χ4v) is 2.58. The second-order valence-corrected chi connectivity index (χ2v) is 5.62. The molecule has 0 bridgehead atoms. The summed E-state index contributed by atoms with van der Waals surface area (Å²) in [6, 6.07) is -0.0945. The Morgan fingerprint density at radius 3 is 3.05 bits per heavy atom. The number of piperidine rings is 1. The van der Waals surface area contributed by atoms with E-state index in [1.165, 1.54) is 11.3 Å². The molecule has 0 aromatic carbocycles. The smallest absolute Gasteiger partial charge is 0.323 e. The van der Waals surface area contributed by atoms with E-state index in [0.29, 0.717) is 11.0 Å². The molecule has 1 aromatic heterocycles. The van der Waals surface area contributed by atoms with E-state index in [0.717, 1.165) is 30.8 Å². The van der Waals surface area contributed by atoms with Gasteiger partial charge in [-0.3, -0.25) is 5.32 Å². The molecule has 1 aromatic rings. The van der Waals surface area contributed by atoms with Crippen molar-refractivity contribution in [1.29, 1.82) is 0 Å². The second-order valence-electron chi connectivity index (χ2n) is 4.59. The van der Waals surface area contributed by atoms with Crippen LogP contribution in [0, 0.1) is 17.8 Å². The lowest BCUT2D eigenvalue weighted by Gasteiger charge is -2.29. The van der Waals surface area contributed by atoms with Gasteiger partial charge in [0.2, 0.25) is 0 Å². The first-order chi connectivity index (χ1) is 9.19. The van der Waals surface area contributed by atoms with Gasteiger partial charge >= 0.3 is 6.03 Å². The van der Waals surface area contributed by atoms with Crippen LogP contribution >= 0.6 is 11.3 Å². The topological polar surface area (TPSA) is 65.5 Å². The molecule has 19 heavy (non-hydrogen) atoms. The molecule has 0 radical (unpaired) electrons. The van der Waals surface area contributed by atoms with E-state index in [-0.39, 0.29) is 12.6 Å². The number of anilines is 1. The third-order valence-corrected chi connectivity index (χ3v) is 3.91. The summed E-state index contributed by atoms with van der Waals surface area (Å²) >= 11 is 1.31. The molecule has 2 rings (SSSR count). The molecule has 5 nitrogen and oxygen atoms in total. The number of nitrogens with zero attached hydrogens (tertiary/aromatic N) is 2. The van der Waals surface area contributed by atoms with Crippen molar-refractivity contribution in [2.24, 2.45) is 5.92 Å². The Hall–Kier alpha value is -1.58. The number of likely N-dealkylation sites (tertiary alicyclic amines) is 1. The molecule has 1 aliphatic rings. The van der Waals surface area contributed by atoms with Crippen molar-refractivity contribution < 1.29 is 9.90 Å². The van der Waals surface area contributed by atoms with Crippen LogP contribution < -0.4 is 5.32 Å². The number of urea groups is 1. The molecule has 2 amide bonds. The van der Waals surface area contributed by atoms with Crippen LogP contribution in [-0.2, 0) is 0 Å². The quantitative estimate of drug-likeness (QED) is 0.770. The highest BCUT2D eigenvalue weighted by Gasteiger charge is 2.20. The maximum absolute atomic E-state index is 12.0. The van der Waals surface area contributed by atoms with Crippen molar-refractivity contribution in [2.75, 3.05) is 25.0 Å². The number of aromatic nitrogens is 1. The summed E-state index contributed by atoms with van der Waals surface area (Å²) in [7, 11) is 0. The van der Waals surface area contributed by atoms with Crippen LogP contribution in [0.15, 0.2) is 6.20 Å². The molecule has 2 N–H and O–H groups in total. The van der Waals surface area contributed by atoms with Crippen LogP contribution in [0.4, 0.5) is 9.93 Å². The van der Waals surface area contributed by atoms with E-state index in [1.54, 1.807) is 6.20 Å². The lowest BCUT2D eigenvalue weighted by Crippen LogP contribution is -2.40. The molecule has 102 valence electrons. The number of nitrogens with one attached hydrogen (secondary N) is 1. The van der Waals surface area contributed by atoms with Crippen molar-refractivity contribution in [1.82, 2.24) is 9.88 Å². The average molecular weight is 279 g/mol. The van der Waals surface area contributed by atoms with Crippen LogP contribution in [-0.4, -0.2) is 40.7 Å². The van der Waals surface area contributed by atoms with Crippen LogP contribution in [0.2, 0.25) is 0 Å². The Morgan fingerprint density at radius 1 is 1.63 bits per heavy atom. The van der Waals surface area contributed by atoms with Gasteiger partial charge in [-0.2, -0.15) is 0 Å². The Kier molecular flexibility index (Phi) is 4.77. The fourth-order valence-electron chi connectivity index (χ4n) is 1.90. The normalized spacial score (nSPS) is 15.8. The van der Waals surface area contributed by atoms with Gasteiger partial charge in [0.05, 0.1) is 11.1 Å². The molecule has 0 unspecified atom stereocenters. The number of aliphatic hydroxyl groups is 1. The van der Waals surface area contributed by atoms with Crippen LogP contribution in [0.1, 0.15) is 24.6 Å². The number of aliphatic hydroxyl groups excluding tert-OH is 1. The molecule has 0 saturated carbocycles. The standard InChI is InChI=1S/C13H17N3O2S/c1-10-4-6-16(7-5-10)13(18)15-12-14-9-11(19-12)3-2-8-17/h9-10,17H,4-8H2,1H3,(H,14,15,18). The van der Waals surface area contributed by atoms with Gasteiger partial charge < -0.3 is 10.0 Å².